The summed E-state index contributed by atoms with van der Waals surface area (Å²) in [5.41, 5.74) is 0. The largest absolute Gasteiger partial charge is 0.480 e. The fourth-order valence-electron chi connectivity index (χ4n) is 1.66. The molecular formula is C12H14N2O4S. The third kappa shape index (κ3) is 3.73. The maximum Gasteiger partial charge on any atom is 0.326 e. The molecule has 1 rings (SSSR count). The number of carboxylic acids is 1. The van der Waals surface area contributed by atoms with Crippen LogP contribution in [0.15, 0.2) is 37.4 Å². The first-order chi connectivity index (χ1) is 9.01. The second-order valence-electron chi connectivity index (χ2n) is 3.71. The van der Waals surface area contributed by atoms with Crippen molar-refractivity contribution in [2.24, 2.45) is 0 Å². The lowest BCUT2D eigenvalue weighted by atomic mass is 10.2. The Morgan fingerprint density at radius 3 is 2.42 bits per heavy atom. The molecule has 1 aromatic heterocycles. The van der Waals surface area contributed by atoms with Gasteiger partial charge in [-0.3, -0.25) is 19.8 Å². The van der Waals surface area contributed by atoms with Gasteiger partial charge in [-0.2, -0.15) is 0 Å². The normalized spacial score (nSPS) is 12.1. The number of thiophene rings is 1. The monoisotopic (exact) mass is 282 g/mol. The Bertz CT molecular complexity index is 488. The molecule has 0 aliphatic carbocycles. The minimum absolute atomic E-state index is 0.0709. The zero-order valence-corrected chi connectivity index (χ0v) is 11.0. The van der Waals surface area contributed by atoms with E-state index >= 15 is 0 Å². The molecule has 0 saturated heterocycles. The Balaban J connectivity index is 3.09. The first kappa shape index (κ1) is 15.1. The van der Waals surface area contributed by atoms with E-state index < -0.39 is 16.9 Å². The number of hydrogen-bond acceptors (Lipinski definition) is 5. The smallest absolute Gasteiger partial charge is 0.326 e. The molecular weight excluding hydrogens is 268 g/mol. The summed E-state index contributed by atoms with van der Waals surface area (Å²) in [7, 11) is 0. The molecule has 1 heterocycles. The molecule has 7 heteroatoms. The average Bonchev–Trinajstić information content (AvgIpc) is 2.79. The van der Waals surface area contributed by atoms with Crippen LogP contribution in [0.25, 0.3) is 0 Å². The molecule has 0 aliphatic rings. The molecule has 0 radical (unpaired) electrons. The van der Waals surface area contributed by atoms with Gasteiger partial charge in [-0.05, 0) is 6.07 Å². The summed E-state index contributed by atoms with van der Waals surface area (Å²) in [6, 6.07) is 1.85. The highest BCUT2D eigenvalue weighted by molar-refractivity contribution is 7.15. The van der Waals surface area contributed by atoms with Crippen LogP contribution in [-0.2, 0) is 4.79 Å². The summed E-state index contributed by atoms with van der Waals surface area (Å²) < 4.78 is 0. The number of aliphatic carboxylic acids is 1. The van der Waals surface area contributed by atoms with Crippen molar-refractivity contribution in [2.75, 3.05) is 13.1 Å². The van der Waals surface area contributed by atoms with Gasteiger partial charge in [0.05, 0.1) is 4.92 Å². The molecule has 1 atom stereocenters. The van der Waals surface area contributed by atoms with Crippen molar-refractivity contribution < 1.29 is 14.8 Å². The molecule has 0 bridgehead atoms. The Labute approximate surface area is 114 Å². The number of carbonyl (C=O) groups is 1. The van der Waals surface area contributed by atoms with Crippen LogP contribution >= 0.6 is 11.3 Å². The third-order valence-corrected chi connectivity index (χ3v) is 3.48. The average molecular weight is 282 g/mol. The van der Waals surface area contributed by atoms with E-state index in [1.54, 1.807) is 17.1 Å². The quantitative estimate of drug-likeness (QED) is 0.450. The molecule has 0 amide bonds. The number of hydrogen-bond donors (Lipinski definition) is 1. The molecule has 1 unspecified atom stereocenters. The number of carboxylic acid groups (broad SMARTS) is 1. The zero-order valence-electron chi connectivity index (χ0n) is 10.2. The first-order valence-corrected chi connectivity index (χ1v) is 6.25. The van der Waals surface area contributed by atoms with Crippen molar-refractivity contribution in [3.05, 3.63) is 52.4 Å². The Kier molecular flexibility index (Phi) is 5.40. The predicted octanol–water partition coefficient (Wildman–Crippen LogP) is 2.46. The van der Waals surface area contributed by atoms with Crippen molar-refractivity contribution in [2.45, 2.75) is 6.04 Å². The predicted molar refractivity (Wildman–Crippen MR) is 73.3 cm³/mol. The third-order valence-electron chi connectivity index (χ3n) is 2.39. The van der Waals surface area contributed by atoms with Crippen LogP contribution in [0.4, 0.5) is 5.00 Å². The van der Waals surface area contributed by atoms with Crippen molar-refractivity contribution in [3.8, 4) is 0 Å². The minimum Gasteiger partial charge on any atom is -0.480 e. The van der Waals surface area contributed by atoms with Gasteiger partial charge < -0.3 is 5.11 Å². The van der Waals surface area contributed by atoms with Crippen molar-refractivity contribution in [1.29, 1.82) is 0 Å². The van der Waals surface area contributed by atoms with Crippen LogP contribution in [0.2, 0.25) is 0 Å². The van der Waals surface area contributed by atoms with Crippen LogP contribution < -0.4 is 0 Å². The summed E-state index contributed by atoms with van der Waals surface area (Å²) >= 11 is 0.867. The highest BCUT2D eigenvalue weighted by Gasteiger charge is 2.29. The second kappa shape index (κ2) is 6.81. The fourth-order valence-corrected chi connectivity index (χ4v) is 2.61. The van der Waals surface area contributed by atoms with Crippen molar-refractivity contribution >= 4 is 22.3 Å². The van der Waals surface area contributed by atoms with E-state index in [0.717, 1.165) is 11.3 Å². The topological polar surface area (TPSA) is 83.7 Å². The Morgan fingerprint density at radius 1 is 1.47 bits per heavy atom. The van der Waals surface area contributed by atoms with Gasteiger partial charge in [-0.1, -0.05) is 23.5 Å². The summed E-state index contributed by atoms with van der Waals surface area (Å²) in [5, 5.41) is 19.9. The zero-order chi connectivity index (χ0) is 14.4. The standard InChI is InChI=1S/C12H14N2O4S/c1-3-7-13(8-4-2)11(12(15)16)9-5-6-10(19-9)14(17)18/h3-6,11H,1-2,7-8H2,(H,15,16). The number of nitro groups is 1. The lowest BCUT2D eigenvalue weighted by Gasteiger charge is -2.25. The van der Waals surface area contributed by atoms with Gasteiger partial charge in [0.25, 0.3) is 0 Å². The molecule has 1 aromatic rings. The van der Waals surface area contributed by atoms with Crippen LogP contribution in [0.3, 0.4) is 0 Å². The van der Waals surface area contributed by atoms with Crippen LogP contribution in [-0.4, -0.2) is 34.0 Å². The van der Waals surface area contributed by atoms with E-state index in [1.807, 2.05) is 0 Å². The van der Waals surface area contributed by atoms with Crippen molar-refractivity contribution in [1.82, 2.24) is 4.90 Å². The van der Waals surface area contributed by atoms with E-state index in [1.165, 1.54) is 12.1 Å². The lowest BCUT2D eigenvalue weighted by molar-refractivity contribution is -0.380. The van der Waals surface area contributed by atoms with E-state index in [-0.39, 0.29) is 5.00 Å². The second-order valence-corrected chi connectivity index (χ2v) is 4.80. The van der Waals surface area contributed by atoms with Gasteiger partial charge in [-0.15, -0.1) is 13.2 Å². The Morgan fingerprint density at radius 2 is 2.05 bits per heavy atom. The number of rotatable bonds is 8. The maximum atomic E-state index is 11.4. The molecule has 0 saturated carbocycles. The molecule has 0 spiro atoms. The lowest BCUT2D eigenvalue weighted by Crippen LogP contribution is -2.33. The van der Waals surface area contributed by atoms with Crippen molar-refractivity contribution in [3.63, 3.8) is 0 Å². The van der Waals surface area contributed by atoms with Crippen LogP contribution in [0.5, 0.6) is 0 Å². The molecule has 0 aliphatic heterocycles. The van der Waals surface area contributed by atoms with E-state index in [0.29, 0.717) is 18.0 Å². The van der Waals surface area contributed by atoms with Gasteiger partial charge >= 0.3 is 11.0 Å². The van der Waals surface area contributed by atoms with Gasteiger partial charge in [0, 0.05) is 24.0 Å². The maximum absolute atomic E-state index is 11.4. The molecule has 1 N–H and O–H groups in total. The van der Waals surface area contributed by atoms with Crippen LogP contribution in [0, 0.1) is 10.1 Å². The molecule has 6 nitrogen and oxygen atoms in total. The SMILES string of the molecule is C=CCN(CC=C)C(C(=O)O)c1ccc([N+](=O)[O-])s1. The van der Waals surface area contributed by atoms with Gasteiger partial charge in [0.15, 0.2) is 0 Å². The van der Waals surface area contributed by atoms with E-state index in [9.17, 15) is 20.0 Å². The first-order valence-electron chi connectivity index (χ1n) is 5.44. The van der Waals surface area contributed by atoms with E-state index in [4.69, 9.17) is 0 Å². The molecule has 19 heavy (non-hydrogen) atoms. The van der Waals surface area contributed by atoms with Crippen LogP contribution in [0.1, 0.15) is 10.9 Å². The van der Waals surface area contributed by atoms with Gasteiger partial charge in [0.2, 0.25) is 0 Å². The fraction of sp³-hybridized carbons (Fsp3) is 0.250. The molecule has 0 fully saturated rings. The highest BCUT2D eigenvalue weighted by Crippen LogP contribution is 2.32. The minimum atomic E-state index is -1.06. The summed E-state index contributed by atoms with van der Waals surface area (Å²) in [6.45, 7) is 7.87. The van der Waals surface area contributed by atoms with Gasteiger partial charge in [0.1, 0.15) is 6.04 Å². The summed E-state index contributed by atoms with van der Waals surface area (Å²) in [6.07, 6.45) is 3.17. The van der Waals surface area contributed by atoms with E-state index in [2.05, 4.69) is 13.2 Å². The highest BCUT2D eigenvalue weighted by atomic mass is 32.1. The Hall–Kier alpha value is -1.99. The summed E-state index contributed by atoms with van der Waals surface area (Å²) in [4.78, 5) is 23.6. The number of nitrogens with zero attached hydrogens (tertiary/aromatic N) is 2. The molecule has 0 aromatic carbocycles. The molecule has 102 valence electrons. The van der Waals surface area contributed by atoms with Gasteiger partial charge in [-0.25, -0.2) is 0 Å². The summed E-state index contributed by atoms with van der Waals surface area (Å²) in [5.74, 6) is -1.06.